The van der Waals surface area contributed by atoms with E-state index in [-0.39, 0.29) is 55.8 Å². The molecule has 3 rings (SSSR count). The summed E-state index contributed by atoms with van der Waals surface area (Å²) >= 11 is 0. The molecule has 0 bridgehead atoms. The van der Waals surface area contributed by atoms with Crippen LogP contribution in [0.1, 0.15) is 24.0 Å². The molecule has 0 atom stereocenters. The van der Waals surface area contributed by atoms with Crippen LogP contribution in [0.15, 0.2) is 42.5 Å². The van der Waals surface area contributed by atoms with Gasteiger partial charge in [-0.15, -0.1) is 24.8 Å². The zero-order valence-electron chi connectivity index (χ0n) is 17.0. The van der Waals surface area contributed by atoms with Crippen LogP contribution in [0.2, 0.25) is 0 Å². The highest BCUT2D eigenvalue weighted by Crippen LogP contribution is 2.20. The van der Waals surface area contributed by atoms with Gasteiger partial charge in [0.15, 0.2) is 0 Å². The topological polar surface area (TPSA) is 132 Å². The zero-order valence-corrected chi connectivity index (χ0v) is 18.7. The van der Waals surface area contributed by atoms with Crippen LogP contribution in [0.25, 0.3) is 0 Å². The first kappa shape index (κ1) is 26.5. The molecule has 0 aliphatic carbocycles. The SMILES string of the molecule is Cl.Cl.N=C(N)c1ccc(CO)c(NCC(=O)Nc2ccc(OC3CCNCC3)cc2)c1. The number of hydrogen-bond donors (Lipinski definition) is 6. The van der Waals surface area contributed by atoms with Crippen molar-refractivity contribution in [1.82, 2.24) is 5.32 Å². The Morgan fingerprint density at radius 3 is 2.45 bits per heavy atom. The van der Waals surface area contributed by atoms with E-state index < -0.39 is 0 Å². The molecule has 10 heteroatoms. The van der Waals surface area contributed by atoms with Crippen LogP contribution < -0.4 is 26.4 Å². The van der Waals surface area contributed by atoms with Crippen molar-refractivity contribution in [2.45, 2.75) is 25.6 Å². The third-order valence-corrected chi connectivity index (χ3v) is 4.76. The maximum Gasteiger partial charge on any atom is 0.243 e. The van der Waals surface area contributed by atoms with Crippen LogP contribution in [-0.2, 0) is 11.4 Å². The van der Waals surface area contributed by atoms with Crippen LogP contribution >= 0.6 is 24.8 Å². The van der Waals surface area contributed by atoms with Gasteiger partial charge in [0, 0.05) is 22.5 Å². The van der Waals surface area contributed by atoms with E-state index in [1.807, 2.05) is 24.3 Å². The second-order valence-electron chi connectivity index (χ2n) is 6.94. The summed E-state index contributed by atoms with van der Waals surface area (Å²) in [5.41, 5.74) is 7.90. The Hall–Kier alpha value is -2.52. The van der Waals surface area contributed by atoms with Gasteiger partial charge in [0.2, 0.25) is 5.91 Å². The normalized spacial score (nSPS) is 13.3. The molecule has 1 heterocycles. The largest absolute Gasteiger partial charge is 0.490 e. The van der Waals surface area contributed by atoms with Crippen molar-refractivity contribution in [3.05, 3.63) is 53.6 Å². The van der Waals surface area contributed by atoms with Crippen LogP contribution in [0.4, 0.5) is 11.4 Å². The maximum atomic E-state index is 12.3. The van der Waals surface area contributed by atoms with Crippen molar-refractivity contribution in [3.8, 4) is 5.75 Å². The van der Waals surface area contributed by atoms with Crippen LogP contribution in [0.5, 0.6) is 5.75 Å². The first-order valence-corrected chi connectivity index (χ1v) is 9.64. The van der Waals surface area contributed by atoms with Crippen LogP contribution in [0.3, 0.4) is 0 Å². The van der Waals surface area contributed by atoms with Gasteiger partial charge in [-0.2, -0.15) is 0 Å². The molecule has 0 saturated carbocycles. The van der Waals surface area contributed by atoms with Gasteiger partial charge in [-0.05, 0) is 56.3 Å². The minimum absolute atomic E-state index is 0. The lowest BCUT2D eigenvalue weighted by molar-refractivity contribution is -0.114. The summed E-state index contributed by atoms with van der Waals surface area (Å²) in [4.78, 5) is 12.3. The minimum Gasteiger partial charge on any atom is -0.490 e. The fourth-order valence-electron chi connectivity index (χ4n) is 3.15. The number of benzene rings is 2. The number of piperidine rings is 1. The first-order valence-electron chi connectivity index (χ1n) is 9.64. The molecular weight excluding hydrogens is 441 g/mol. The maximum absolute atomic E-state index is 12.3. The van der Waals surface area contributed by atoms with E-state index in [4.69, 9.17) is 15.9 Å². The summed E-state index contributed by atoms with van der Waals surface area (Å²) < 4.78 is 5.96. The Balaban J connectivity index is 0.00000240. The summed E-state index contributed by atoms with van der Waals surface area (Å²) in [6.45, 7) is 1.78. The second-order valence-corrected chi connectivity index (χ2v) is 6.94. The standard InChI is InChI=1S/C21H27N5O3.2ClH/c22-21(23)14-1-2-15(13-27)19(11-14)25-12-20(28)26-16-3-5-17(6-4-16)29-18-7-9-24-10-8-18;;/h1-6,11,18,24-25,27H,7-10,12-13H2,(H3,22,23)(H,26,28);2*1H. The summed E-state index contributed by atoms with van der Waals surface area (Å²) in [5.74, 6) is 0.490. The van der Waals surface area contributed by atoms with Gasteiger partial charge < -0.3 is 31.5 Å². The molecule has 0 spiro atoms. The number of rotatable bonds is 8. The van der Waals surface area contributed by atoms with Gasteiger partial charge in [0.05, 0.1) is 13.2 Å². The van der Waals surface area contributed by atoms with E-state index in [0.29, 0.717) is 22.5 Å². The quantitative estimate of drug-likeness (QED) is 0.260. The molecule has 1 amide bonds. The summed E-state index contributed by atoms with van der Waals surface area (Å²) in [6, 6.07) is 12.3. The summed E-state index contributed by atoms with van der Waals surface area (Å²) in [7, 11) is 0. The Morgan fingerprint density at radius 2 is 1.84 bits per heavy atom. The minimum atomic E-state index is -0.228. The van der Waals surface area contributed by atoms with Gasteiger partial charge in [0.1, 0.15) is 17.7 Å². The van der Waals surface area contributed by atoms with Crippen molar-refractivity contribution in [2.24, 2.45) is 5.73 Å². The third kappa shape index (κ3) is 7.91. The van der Waals surface area contributed by atoms with Crippen molar-refractivity contribution in [2.75, 3.05) is 30.3 Å². The molecule has 1 saturated heterocycles. The van der Waals surface area contributed by atoms with Crippen LogP contribution in [-0.4, -0.2) is 42.6 Å². The van der Waals surface area contributed by atoms with Gasteiger partial charge in [0.25, 0.3) is 0 Å². The number of ether oxygens (including phenoxy) is 1. The second kappa shape index (κ2) is 13.0. The van der Waals surface area contributed by atoms with E-state index in [2.05, 4.69) is 16.0 Å². The number of halogens is 2. The number of nitrogen functional groups attached to an aromatic ring is 1. The van der Waals surface area contributed by atoms with E-state index in [1.54, 1.807) is 18.2 Å². The van der Waals surface area contributed by atoms with E-state index in [9.17, 15) is 9.90 Å². The number of aliphatic hydroxyl groups is 1. The Kier molecular flexibility index (Phi) is 11.1. The van der Waals surface area contributed by atoms with Gasteiger partial charge in [-0.3, -0.25) is 10.2 Å². The molecule has 1 aliphatic rings. The predicted octanol–water partition coefficient (Wildman–Crippen LogP) is 2.49. The molecule has 1 fully saturated rings. The number of aliphatic hydroxyl groups excluding tert-OH is 1. The van der Waals surface area contributed by atoms with E-state index in [1.165, 1.54) is 0 Å². The number of carbonyl (C=O) groups excluding carboxylic acids is 1. The molecule has 0 radical (unpaired) electrons. The summed E-state index contributed by atoms with van der Waals surface area (Å²) in [6.07, 6.45) is 2.21. The number of amidine groups is 1. The third-order valence-electron chi connectivity index (χ3n) is 4.76. The van der Waals surface area contributed by atoms with E-state index in [0.717, 1.165) is 31.7 Å². The highest BCUT2D eigenvalue weighted by Gasteiger charge is 2.14. The number of anilines is 2. The fourth-order valence-corrected chi connectivity index (χ4v) is 3.15. The monoisotopic (exact) mass is 469 g/mol. The fraction of sp³-hybridized carbons (Fsp3) is 0.333. The Morgan fingerprint density at radius 1 is 1.16 bits per heavy atom. The number of nitrogens with two attached hydrogens (primary N) is 1. The average Bonchev–Trinajstić information content (AvgIpc) is 2.74. The molecule has 31 heavy (non-hydrogen) atoms. The molecule has 170 valence electrons. The van der Waals surface area contributed by atoms with Crippen molar-refractivity contribution >= 4 is 47.9 Å². The highest BCUT2D eigenvalue weighted by molar-refractivity contribution is 5.97. The highest BCUT2D eigenvalue weighted by atomic mass is 35.5. The zero-order chi connectivity index (χ0) is 20.6. The molecular formula is C21H29Cl2N5O3. The van der Waals surface area contributed by atoms with Crippen LogP contribution in [0, 0.1) is 5.41 Å². The molecule has 7 N–H and O–H groups in total. The number of carbonyl (C=O) groups is 1. The summed E-state index contributed by atoms with van der Waals surface area (Å²) in [5, 5.41) is 26.1. The lowest BCUT2D eigenvalue weighted by Gasteiger charge is -2.23. The van der Waals surface area contributed by atoms with Crippen molar-refractivity contribution in [1.29, 1.82) is 5.41 Å². The average molecular weight is 470 g/mol. The molecule has 0 aromatic heterocycles. The molecule has 2 aromatic carbocycles. The molecule has 0 unspecified atom stereocenters. The lowest BCUT2D eigenvalue weighted by Crippen LogP contribution is -2.34. The molecule has 1 aliphatic heterocycles. The number of amides is 1. The lowest BCUT2D eigenvalue weighted by atomic mass is 10.1. The van der Waals surface area contributed by atoms with Gasteiger partial charge in [-0.25, -0.2) is 0 Å². The molecule has 8 nitrogen and oxygen atoms in total. The predicted molar refractivity (Wildman–Crippen MR) is 128 cm³/mol. The molecule has 2 aromatic rings. The first-order chi connectivity index (χ1) is 14.0. The van der Waals surface area contributed by atoms with Crippen molar-refractivity contribution < 1.29 is 14.6 Å². The Labute approximate surface area is 194 Å². The van der Waals surface area contributed by atoms with Gasteiger partial charge >= 0.3 is 0 Å². The number of nitrogens with one attached hydrogen (secondary N) is 4. The van der Waals surface area contributed by atoms with Gasteiger partial charge in [-0.1, -0.05) is 12.1 Å². The van der Waals surface area contributed by atoms with Crippen molar-refractivity contribution in [3.63, 3.8) is 0 Å². The smallest absolute Gasteiger partial charge is 0.243 e. The Bertz CT molecular complexity index is 859. The number of hydrogen-bond acceptors (Lipinski definition) is 6. The van der Waals surface area contributed by atoms with E-state index >= 15 is 0 Å².